The van der Waals surface area contributed by atoms with E-state index in [1.807, 2.05) is 41.8 Å². The van der Waals surface area contributed by atoms with Gasteiger partial charge in [-0.15, -0.1) is 0 Å². The Morgan fingerprint density at radius 2 is 1.39 bits per heavy atom. The number of carbonyl (C=O) groups is 1. The van der Waals surface area contributed by atoms with Crippen molar-refractivity contribution < 1.29 is 62.5 Å². The van der Waals surface area contributed by atoms with Crippen LogP contribution in [0, 0.1) is 23.7 Å². The summed E-state index contributed by atoms with van der Waals surface area (Å²) in [5.74, 6) is -3.85. The van der Waals surface area contributed by atoms with Crippen molar-refractivity contribution in [1.29, 1.82) is 0 Å². The summed E-state index contributed by atoms with van der Waals surface area (Å²) < 4.78 is 52.9. The number of methoxy groups -OCH3 is 1. The van der Waals surface area contributed by atoms with Crippen molar-refractivity contribution in [3.05, 3.63) is 0 Å². The molecule has 4 N–H and O–H groups in total. The van der Waals surface area contributed by atoms with Crippen LogP contribution in [-0.2, 0) is 42.1 Å². The van der Waals surface area contributed by atoms with Gasteiger partial charge in [-0.2, -0.15) is 0 Å². The third-order valence-corrected chi connectivity index (χ3v) is 14.9. The van der Waals surface area contributed by atoms with Crippen LogP contribution in [0.5, 0.6) is 0 Å². The number of rotatable bonds is 11. The average Bonchev–Trinajstić information content (AvgIpc) is 3.10. The first-order valence-electron chi connectivity index (χ1n) is 22.0. The second kappa shape index (κ2) is 20.1. The highest BCUT2D eigenvalue weighted by atomic mass is 28.4. The van der Waals surface area contributed by atoms with E-state index in [0.717, 1.165) is 0 Å². The highest BCUT2D eigenvalue weighted by molar-refractivity contribution is 6.70. The van der Waals surface area contributed by atoms with Crippen LogP contribution in [-0.4, -0.2) is 159 Å². The fraction of sp³-hybridized carbons (Fsp3) is 0.977. The molecule has 3 fully saturated rings. The first-order chi connectivity index (χ1) is 26.8. The van der Waals surface area contributed by atoms with Crippen molar-refractivity contribution in [2.75, 3.05) is 21.2 Å². The van der Waals surface area contributed by atoms with Gasteiger partial charge in [0, 0.05) is 31.4 Å². The van der Waals surface area contributed by atoms with Crippen LogP contribution < -0.4 is 0 Å². The molecule has 0 aromatic rings. The Kier molecular flexibility index (Phi) is 18.0. The van der Waals surface area contributed by atoms with Gasteiger partial charge in [-0.25, -0.2) is 0 Å². The number of hydrogen-bond acceptors (Lipinski definition) is 14. The molecule has 59 heavy (non-hydrogen) atoms. The Balaban J connectivity index is 2.25. The van der Waals surface area contributed by atoms with Crippen LogP contribution in [0.25, 0.3) is 0 Å². The Hall–Kier alpha value is -0.576. The van der Waals surface area contributed by atoms with Gasteiger partial charge >= 0.3 is 5.97 Å². The summed E-state index contributed by atoms with van der Waals surface area (Å²) in [6.07, 6.45) is -7.94. The minimum absolute atomic E-state index is 0.0263. The lowest BCUT2D eigenvalue weighted by molar-refractivity contribution is -0.316. The zero-order valence-corrected chi connectivity index (χ0v) is 42.0. The van der Waals surface area contributed by atoms with Crippen molar-refractivity contribution in [1.82, 2.24) is 4.90 Å². The molecule has 0 saturated carbocycles. The molecule has 3 aliphatic rings. The SMILES string of the molecule is CC[C@H]1OC(=O)[C@H](C)[C@@H](O[C@H]2C[C@@](C)(OC)[C@@H](O[Si](C)(C)C)[C@H](C)O2)[C@H](C)[C@@H](O[C@@H]2O[C@H](C)C[C@H](N(C)C)[C@H]2O[Si](C)(C)C)[C@](C)(O)C[C@@H](C)[C@H](O)[C@H](C)[C@@H](O)[C@]1(C)O. The van der Waals surface area contributed by atoms with Crippen LogP contribution in [0.2, 0.25) is 39.3 Å². The van der Waals surface area contributed by atoms with E-state index >= 15 is 0 Å². The molecule has 0 bridgehead atoms. The van der Waals surface area contributed by atoms with Gasteiger partial charge in [-0.05, 0) is 120 Å². The van der Waals surface area contributed by atoms with Crippen molar-refractivity contribution in [3.8, 4) is 0 Å². The molecule has 0 aliphatic carbocycles. The standard InChI is InChI=1S/C43H85NO13Si2/c1-20-31-43(10,49)36(46)26(4)33(45)24(2)22-41(8,48)37(55-40-35(56-58(14,15)16)30(44(11)12)21-25(3)51-40)27(5)34(28(6)39(47)53-31)54-32-23-42(9,50-13)38(29(7)52-32)57-59(17,18)19/h24-38,40,45-46,48-49H,20-23H2,1-19H3/t24-,25-,26+,27+,28-,29+,30+,31-,32+,33+,34+,35-,36-,37-,38+,40+,41-,42-,43-/m1/s1. The molecule has 0 aromatic heterocycles. The van der Waals surface area contributed by atoms with Crippen molar-refractivity contribution >= 4 is 22.6 Å². The largest absolute Gasteiger partial charge is 0.459 e. The van der Waals surface area contributed by atoms with Crippen LogP contribution in [0.1, 0.15) is 94.9 Å². The van der Waals surface area contributed by atoms with Gasteiger partial charge in [0.25, 0.3) is 0 Å². The molecular weight excluding hydrogens is 795 g/mol. The number of cyclic esters (lactones) is 1. The summed E-state index contributed by atoms with van der Waals surface area (Å²) in [6.45, 7) is 30.5. The highest BCUT2D eigenvalue weighted by Gasteiger charge is 2.54. The minimum Gasteiger partial charge on any atom is -0.459 e. The summed E-state index contributed by atoms with van der Waals surface area (Å²) in [6, 6.07) is -0.0628. The molecule has 0 radical (unpaired) electrons. The number of nitrogens with zero attached hydrogens (tertiary/aromatic N) is 1. The molecule has 14 nitrogen and oxygen atoms in total. The van der Waals surface area contributed by atoms with Crippen LogP contribution >= 0.6 is 0 Å². The molecule has 3 saturated heterocycles. The maximum atomic E-state index is 14.5. The number of aliphatic hydroxyl groups is 4. The molecule has 0 amide bonds. The predicted molar refractivity (Wildman–Crippen MR) is 232 cm³/mol. The first-order valence-corrected chi connectivity index (χ1v) is 28.8. The van der Waals surface area contributed by atoms with Crippen LogP contribution in [0.3, 0.4) is 0 Å². The fourth-order valence-electron chi connectivity index (χ4n) is 9.70. The van der Waals surface area contributed by atoms with E-state index in [4.69, 9.17) is 37.3 Å². The lowest BCUT2D eigenvalue weighted by atomic mass is 9.73. The molecule has 348 valence electrons. The number of aliphatic hydroxyl groups excluding tert-OH is 2. The Morgan fingerprint density at radius 1 is 0.814 bits per heavy atom. The zero-order chi connectivity index (χ0) is 45.4. The number of likely N-dealkylation sites (N-methyl/N-ethyl adjacent to an activating group) is 1. The number of ether oxygens (including phenoxy) is 6. The quantitative estimate of drug-likeness (QED) is 0.156. The molecule has 0 aromatic carbocycles. The molecular formula is C43H85NO13Si2. The monoisotopic (exact) mass is 880 g/mol. The van der Waals surface area contributed by atoms with Gasteiger partial charge in [0.2, 0.25) is 0 Å². The summed E-state index contributed by atoms with van der Waals surface area (Å²) >= 11 is 0. The van der Waals surface area contributed by atoms with Crippen LogP contribution in [0.15, 0.2) is 0 Å². The lowest BCUT2D eigenvalue weighted by Gasteiger charge is -2.51. The molecule has 3 rings (SSSR count). The summed E-state index contributed by atoms with van der Waals surface area (Å²) in [7, 11) is 1.44. The van der Waals surface area contributed by atoms with E-state index in [0.29, 0.717) is 6.42 Å². The topological polar surface area (TPSA) is 175 Å². The van der Waals surface area contributed by atoms with Gasteiger partial charge in [0.15, 0.2) is 29.2 Å². The van der Waals surface area contributed by atoms with Gasteiger partial charge in [0.1, 0.15) is 17.8 Å². The summed E-state index contributed by atoms with van der Waals surface area (Å²) in [5, 5.41) is 48.0. The zero-order valence-electron chi connectivity index (χ0n) is 40.0. The molecule has 0 spiro atoms. The minimum atomic E-state index is -2.18. The van der Waals surface area contributed by atoms with Gasteiger partial charge in [-0.1, -0.05) is 27.7 Å². The second-order valence-electron chi connectivity index (χ2n) is 21.1. The normalized spacial score (nSPS) is 46.5. The van der Waals surface area contributed by atoms with Crippen molar-refractivity contribution in [2.24, 2.45) is 23.7 Å². The van der Waals surface area contributed by atoms with E-state index < -0.39 is 118 Å². The van der Waals surface area contributed by atoms with E-state index in [-0.39, 0.29) is 37.5 Å². The number of esters is 1. The molecule has 3 aliphatic heterocycles. The van der Waals surface area contributed by atoms with Crippen molar-refractivity contribution in [3.63, 3.8) is 0 Å². The Bertz CT molecular complexity index is 1340. The summed E-state index contributed by atoms with van der Waals surface area (Å²) in [4.78, 5) is 16.6. The molecule has 19 atom stereocenters. The maximum absolute atomic E-state index is 14.5. The first kappa shape index (κ1) is 52.8. The Labute approximate surface area is 358 Å². The van der Waals surface area contributed by atoms with E-state index in [9.17, 15) is 25.2 Å². The third kappa shape index (κ3) is 13.0. The number of carbonyl (C=O) groups excluding carboxylic acids is 1. The van der Waals surface area contributed by atoms with Gasteiger partial charge in [-0.3, -0.25) is 4.79 Å². The van der Waals surface area contributed by atoms with Gasteiger partial charge < -0.3 is 62.6 Å². The Morgan fingerprint density at radius 3 is 1.90 bits per heavy atom. The van der Waals surface area contributed by atoms with Crippen LogP contribution in [0.4, 0.5) is 0 Å². The smallest absolute Gasteiger partial charge is 0.311 e. The summed E-state index contributed by atoms with van der Waals surface area (Å²) in [5.41, 5.74) is -4.40. The van der Waals surface area contributed by atoms with E-state index in [1.165, 1.54) is 6.92 Å². The molecule has 16 heteroatoms. The fourth-order valence-corrected chi connectivity index (χ4v) is 12.0. The van der Waals surface area contributed by atoms with E-state index in [1.54, 1.807) is 41.7 Å². The highest BCUT2D eigenvalue weighted by Crippen LogP contribution is 2.42. The lowest BCUT2D eigenvalue weighted by Crippen LogP contribution is -2.63. The maximum Gasteiger partial charge on any atom is 0.311 e. The third-order valence-electron chi connectivity index (χ3n) is 13.0. The van der Waals surface area contributed by atoms with Gasteiger partial charge in [0.05, 0.1) is 59.8 Å². The van der Waals surface area contributed by atoms with E-state index in [2.05, 4.69) is 44.2 Å². The second-order valence-corrected chi connectivity index (χ2v) is 30.0. The molecule has 3 heterocycles. The predicted octanol–water partition coefficient (Wildman–Crippen LogP) is 5.30. The average molecular weight is 880 g/mol. The number of hydrogen-bond donors (Lipinski definition) is 4. The van der Waals surface area contributed by atoms with Crippen molar-refractivity contribution in [2.45, 2.75) is 225 Å². The molecule has 0 unspecified atom stereocenters.